The summed E-state index contributed by atoms with van der Waals surface area (Å²) >= 11 is 0. The Morgan fingerprint density at radius 3 is 2.00 bits per heavy atom. The summed E-state index contributed by atoms with van der Waals surface area (Å²) in [5.41, 5.74) is -0.345. The predicted molar refractivity (Wildman–Crippen MR) is 114 cm³/mol. The second-order valence-electron chi connectivity index (χ2n) is 7.97. The van der Waals surface area contributed by atoms with Crippen molar-refractivity contribution in [2.75, 3.05) is 49.1 Å². The van der Waals surface area contributed by atoms with Crippen LogP contribution in [-0.4, -0.2) is 55.0 Å². The molecule has 2 aliphatic heterocycles. The van der Waals surface area contributed by atoms with E-state index in [0.29, 0.717) is 18.8 Å². The molecule has 0 unspecified atom stereocenters. The number of benzene rings is 2. The van der Waals surface area contributed by atoms with E-state index >= 15 is 0 Å². The molecule has 0 atom stereocenters. The fourth-order valence-corrected chi connectivity index (χ4v) is 4.33. The van der Waals surface area contributed by atoms with Gasteiger partial charge >= 0.3 is 0 Å². The van der Waals surface area contributed by atoms with Gasteiger partial charge in [-0.25, -0.2) is 13.2 Å². The maximum absolute atomic E-state index is 14.7. The monoisotopic (exact) mass is 448 g/mol. The van der Waals surface area contributed by atoms with Crippen molar-refractivity contribution in [3.63, 3.8) is 0 Å². The van der Waals surface area contributed by atoms with E-state index in [0.717, 1.165) is 37.5 Å². The number of rotatable bonds is 4. The van der Waals surface area contributed by atoms with Crippen LogP contribution >= 0.6 is 0 Å². The number of nitro benzene ring substituents is 1. The molecular formula is C22H23F3N4O3. The number of carbonyl (C=O) groups excluding carboxylic acids is 1. The van der Waals surface area contributed by atoms with E-state index in [1.165, 1.54) is 17.0 Å². The third kappa shape index (κ3) is 4.21. The number of carbonyl (C=O) groups is 1. The van der Waals surface area contributed by atoms with Crippen LogP contribution in [0.4, 0.5) is 30.2 Å². The molecule has 2 aliphatic rings. The Balaban J connectivity index is 1.56. The van der Waals surface area contributed by atoms with E-state index in [-0.39, 0.29) is 37.6 Å². The lowest BCUT2D eigenvalue weighted by Crippen LogP contribution is -2.49. The van der Waals surface area contributed by atoms with E-state index in [4.69, 9.17) is 0 Å². The first-order chi connectivity index (χ1) is 15.4. The molecule has 0 radical (unpaired) electrons. The minimum absolute atomic E-state index is 0.125. The van der Waals surface area contributed by atoms with Gasteiger partial charge in [0.05, 0.1) is 16.7 Å². The second kappa shape index (κ2) is 9.05. The number of nitrogens with zero attached hydrogens (tertiary/aromatic N) is 4. The van der Waals surface area contributed by atoms with Crippen LogP contribution in [0.25, 0.3) is 0 Å². The molecule has 0 N–H and O–H groups in total. The van der Waals surface area contributed by atoms with Crippen molar-refractivity contribution in [2.45, 2.75) is 19.3 Å². The molecule has 0 aliphatic carbocycles. The van der Waals surface area contributed by atoms with Crippen LogP contribution < -0.4 is 9.80 Å². The smallest absolute Gasteiger partial charge is 0.295 e. The minimum atomic E-state index is -0.933. The Labute approximate surface area is 183 Å². The molecule has 2 heterocycles. The largest absolute Gasteiger partial charge is 0.369 e. The first-order valence-corrected chi connectivity index (χ1v) is 10.6. The summed E-state index contributed by atoms with van der Waals surface area (Å²) in [5, 5.41) is 11.6. The molecule has 4 rings (SSSR count). The maximum Gasteiger partial charge on any atom is 0.295 e. The summed E-state index contributed by atoms with van der Waals surface area (Å²) in [5.74, 6) is -3.26. The van der Waals surface area contributed by atoms with E-state index in [1.807, 2.05) is 4.90 Å². The summed E-state index contributed by atoms with van der Waals surface area (Å²) in [6.07, 6.45) is 2.93. The van der Waals surface area contributed by atoms with Crippen molar-refractivity contribution in [1.82, 2.24) is 4.90 Å². The van der Waals surface area contributed by atoms with Crippen molar-refractivity contribution in [1.29, 1.82) is 0 Å². The highest BCUT2D eigenvalue weighted by Crippen LogP contribution is 2.36. The van der Waals surface area contributed by atoms with Crippen LogP contribution in [0.15, 0.2) is 30.3 Å². The SMILES string of the molecule is O=C(c1c(F)cccc1F)N1CCN(c2cc(N3CCCCC3)c(F)cc2[N+](=O)[O-])CC1. The van der Waals surface area contributed by atoms with Gasteiger partial charge in [-0.2, -0.15) is 0 Å². The normalized spacial score (nSPS) is 16.9. The van der Waals surface area contributed by atoms with Gasteiger partial charge in [0.1, 0.15) is 22.9 Å². The summed E-state index contributed by atoms with van der Waals surface area (Å²) in [7, 11) is 0. The first kappa shape index (κ1) is 21.9. The molecule has 2 fully saturated rings. The summed E-state index contributed by atoms with van der Waals surface area (Å²) in [6.45, 7) is 2.05. The third-order valence-electron chi connectivity index (χ3n) is 6.02. The van der Waals surface area contributed by atoms with Gasteiger partial charge in [-0.05, 0) is 37.5 Å². The van der Waals surface area contributed by atoms with Crippen LogP contribution in [0.2, 0.25) is 0 Å². The van der Waals surface area contributed by atoms with E-state index in [2.05, 4.69) is 0 Å². The van der Waals surface area contributed by atoms with Gasteiger partial charge < -0.3 is 14.7 Å². The lowest BCUT2D eigenvalue weighted by Gasteiger charge is -2.36. The van der Waals surface area contributed by atoms with Crippen molar-refractivity contribution < 1.29 is 22.9 Å². The van der Waals surface area contributed by atoms with Crippen LogP contribution in [0.3, 0.4) is 0 Å². The molecule has 2 aromatic carbocycles. The zero-order valence-corrected chi connectivity index (χ0v) is 17.4. The Morgan fingerprint density at radius 2 is 1.41 bits per heavy atom. The summed E-state index contributed by atoms with van der Waals surface area (Å²) in [6, 6.07) is 5.69. The van der Waals surface area contributed by atoms with Gasteiger partial charge in [-0.1, -0.05) is 6.07 Å². The fraction of sp³-hybridized carbons (Fsp3) is 0.409. The standard InChI is InChI=1S/C22H23F3N4O3/c23-15-5-4-6-16(24)21(15)22(30)28-11-9-27(10-12-28)19-14-18(26-7-2-1-3-8-26)17(25)13-20(19)29(31)32/h4-6,13-14H,1-3,7-12H2. The van der Waals surface area contributed by atoms with Gasteiger partial charge in [0.15, 0.2) is 5.82 Å². The second-order valence-corrected chi connectivity index (χ2v) is 7.97. The molecule has 0 bridgehead atoms. The van der Waals surface area contributed by atoms with Crippen molar-refractivity contribution in [3.05, 3.63) is 63.5 Å². The van der Waals surface area contributed by atoms with Gasteiger partial charge in [-0.15, -0.1) is 0 Å². The van der Waals surface area contributed by atoms with E-state index < -0.39 is 33.8 Å². The zero-order valence-electron chi connectivity index (χ0n) is 17.4. The molecule has 0 spiro atoms. The number of amides is 1. The molecule has 2 saturated heterocycles. The van der Waals surface area contributed by atoms with E-state index in [1.54, 1.807) is 4.90 Å². The minimum Gasteiger partial charge on any atom is -0.369 e. The number of piperidine rings is 1. The highest BCUT2D eigenvalue weighted by atomic mass is 19.1. The molecular weight excluding hydrogens is 425 g/mol. The van der Waals surface area contributed by atoms with Crippen molar-refractivity contribution in [2.24, 2.45) is 0 Å². The summed E-state index contributed by atoms with van der Waals surface area (Å²) < 4.78 is 42.7. The van der Waals surface area contributed by atoms with Gasteiger partial charge in [0.25, 0.3) is 11.6 Å². The molecule has 1 amide bonds. The van der Waals surface area contributed by atoms with Crippen molar-refractivity contribution in [3.8, 4) is 0 Å². The van der Waals surface area contributed by atoms with Crippen LogP contribution in [0.5, 0.6) is 0 Å². The molecule has 32 heavy (non-hydrogen) atoms. The Hall–Kier alpha value is -3.30. The Morgan fingerprint density at radius 1 is 0.812 bits per heavy atom. The number of anilines is 2. The molecule has 2 aromatic rings. The average molecular weight is 448 g/mol. The number of piperazine rings is 1. The lowest BCUT2D eigenvalue weighted by molar-refractivity contribution is -0.384. The van der Waals surface area contributed by atoms with Crippen LogP contribution in [0, 0.1) is 27.6 Å². The molecule has 0 saturated carbocycles. The zero-order chi connectivity index (χ0) is 22.8. The Kier molecular flexibility index (Phi) is 6.20. The van der Waals surface area contributed by atoms with Gasteiger partial charge in [-0.3, -0.25) is 14.9 Å². The van der Waals surface area contributed by atoms with Crippen LogP contribution in [0.1, 0.15) is 29.6 Å². The highest BCUT2D eigenvalue weighted by molar-refractivity contribution is 5.95. The fourth-order valence-electron chi connectivity index (χ4n) is 4.33. The number of hydrogen-bond donors (Lipinski definition) is 0. The third-order valence-corrected chi connectivity index (χ3v) is 6.02. The molecule has 0 aromatic heterocycles. The quantitative estimate of drug-likeness (QED) is 0.523. The summed E-state index contributed by atoms with van der Waals surface area (Å²) in [4.78, 5) is 28.5. The van der Waals surface area contributed by atoms with Crippen molar-refractivity contribution >= 4 is 23.0 Å². The van der Waals surface area contributed by atoms with E-state index in [9.17, 15) is 28.1 Å². The number of hydrogen-bond acceptors (Lipinski definition) is 5. The molecule has 10 heteroatoms. The number of nitro groups is 1. The van der Waals surface area contributed by atoms with Crippen LogP contribution in [-0.2, 0) is 0 Å². The molecule has 7 nitrogen and oxygen atoms in total. The predicted octanol–water partition coefficient (Wildman–Crippen LogP) is 3.96. The number of halogens is 3. The van der Waals surface area contributed by atoms with Gasteiger partial charge in [0.2, 0.25) is 0 Å². The topological polar surface area (TPSA) is 69.9 Å². The molecule has 170 valence electrons. The average Bonchev–Trinajstić information content (AvgIpc) is 2.79. The maximum atomic E-state index is 14.7. The first-order valence-electron chi connectivity index (χ1n) is 10.6. The lowest BCUT2D eigenvalue weighted by atomic mass is 10.1. The Bertz CT molecular complexity index is 1020. The highest BCUT2D eigenvalue weighted by Gasteiger charge is 2.30. The van der Waals surface area contributed by atoms with Gasteiger partial charge in [0, 0.05) is 39.3 Å².